The highest BCUT2D eigenvalue weighted by atomic mass is 19.4. The average Bonchev–Trinajstić information content (AvgIpc) is 3.25. The number of nitrogens with zero attached hydrogens (tertiary/aromatic N) is 3. The molecule has 1 aliphatic heterocycles. The van der Waals surface area contributed by atoms with Crippen molar-refractivity contribution in [3.63, 3.8) is 0 Å². The van der Waals surface area contributed by atoms with Gasteiger partial charge >= 0.3 is 12.3 Å². The van der Waals surface area contributed by atoms with Crippen molar-refractivity contribution in [1.82, 2.24) is 20.8 Å². The maximum absolute atomic E-state index is 13.0. The molecule has 0 bridgehead atoms. The van der Waals surface area contributed by atoms with Gasteiger partial charge in [-0.05, 0) is 43.2 Å². The first-order chi connectivity index (χ1) is 15.7. The molecule has 9 nitrogen and oxygen atoms in total. The molecule has 3 heterocycles. The number of carbonyl (C=O) groups excluding carboxylic acids is 2. The molecule has 1 saturated heterocycles. The van der Waals surface area contributed by atoms with E-state index < -0.39 is 23.7 Å². The van der Waals surface area contributed by atoms with Crippen LogP contribution in [0.15, 0.2) is 28.9 Å². The van der Waals surface area contributed by atoms with Crippen molar-refractivity contribution in [2.24, 2.45) is 5.41 Å². The highest BCUT2D eigenvalue weighted by molar-refractivity contribution is 5.91. The molecule has 0 unspecified atom stereocenters. The first kappa shape index (κ1) is 22.9. The van der Waals surface area contributed by atoms with Crippen LogP contribution in [-0.2, 0) is 17.5 Å². The quantitative estimate of drug-likeness (QED) is 0.695. The lowest BCUT2D eigenvalue weighted by atomic mass is 9.60. The van der Waals surface area contributed by atoms with Crippen LogP contribution in [0.1, 0.15) is 47.5 Å². The number of anilines is 1. The van der Waals surface area contributed by atoms with Gasteiger partial charge in [-0.3, -0.25) is 4.79 Å². The summed E-state index contributed by atoms with van der Waals surface area (Å²) in [5.41, 5.74) is -0.526. The van der Waals surface area contributed by atoms with Gasteiger partial charge in [0.05, 0.1) is 5.56 Å². The first-order valence-electron chi connectivity index (χ1n) is 10.6. The van der Waals surface area contributed by atoms with Crippen LogP contribution in [0, 0.1) is 5.41 Å². The molecule has 0 atom stereocenters. The Hall–Kier alpha value is -3.31. The second-order valence-electron chi connectivity index (χ2n) is 8.47. The molecule has 33 heavy (non-hydrogen) atoms. The molecule has 178 valence electrons. The van der Waals surface area contributed by atoms with Crippen molar-refractivity contribution < 1.29 is 32.0 Å². The lowest BCUT2D eigenvalue weighted by molar-refractivity contribution is -0.137. The number of piperidine rings is 1. The zero-order valence-corrected chi connectivity index (χ0v) is 17.9. The van der Waals surface area contributed by atoms with Crippen LogP contribution in [-0.4, -0.2) is 48.3 Å². The molecule has 2 N–H and O–H groups in total. The van der Waals surface area contributed by atoms with E-state index in [9.17, 15) is 22.8 Å². The van der Waals surface area contributed by atoms with Gasteiger partial charge in [0.1, 0.15) is 5.82 Å². The van der Waals surface area contributed by atoms with E-state index in [-0.39, 0.29) is 29.5 Å². The van der Waals surface area contributed by atoms with Gasteiger partial charge in [-0.2, -0.15) is 13.2 Å². The number of alkyl carbamates (subject to hydrolysis) is 1. The molecule has 0 aromatic carbocycles. The lowest BCUT2D eigenvalue weighted by Gasteiger charge is -2.52. The van der Waals surface area contributed by atoms with E-state index >= 15 is 0 Å². The predicted molar refractivity (Wildman–Crippen MR) is 109 cm³/mol. The van der Waals surface area contributed by atoms with Crippen molar-refractivity contribution in [2.45, 2.75) is 44.5 Å². The number of alkyl halides is 3. The molecule has 4 rings (SSSR count). The van der Waals surface area contributed by atoms with Crippen LogP contribution in [0.25, 0.3) is 0 Å². The Morgan fingerprint density at radius 3 is 2.67 bits per heavy atom. The van der Waals surface area contributed by atoms with Gasteiger partial charge in [-0.15, -0.1) is 0 Å². The second kappa shape index (κ2) is 8.91. The summed E-state index contributed by atoms with van der Waals surface area (Å²) in [5.74, 6) is 0.192. The van der Waals surface area contributed by atoms with Crippen molar-refractivity contribution in [2.75, 3.05) is 25.0 Å². The summed E-state index contributed by atoms with van der Waals surface area (Å²) >= 11 is 0. The fraction of sp³-hybridized carbons (Fsp3) is 0.524. The third-order valence-corrected chi connectivity index (χ3v) is 6.27. The second-order valence-corrected chi connectivity index (χ2v) is 8.47. The van der Waals surface area contributed by atoms with E-state index in [4.69, 9.17) is 9.26 Å². The Kier molecular flexibility index (Phi) is 6.17. The highest BCUT2D eigenvalue weighted by Crippen LogP contribution is 2.49. The minimum Gasteiger partial charge on any atom is -0.441 e. The van der Waals surface area contributed by atoms with Crippen LogP contribution in [0.4, 0.5) is 23.8 Å². The molecule has 12 heteroatoms. The highest BCUT2D eigenvalue weighted by Gasteiger charge is 2.46. The normalized spacial score (nSPS) is 18.0. The standard InChI is InChI=1S/C21H24F3N5O4/c1-25-18(30)16-9-15(33-28-16)12-32-19(31)27-14-10-20(11-14)3-6-29(7-4-20)17-8-13(2-5-26-17)21(22,23)24/h2,5,8-9,14H,3-4,6-7,10-12H2,1H3,(H,25,30)(H,27,31). The summed E-state index contributed by atoms with van der Waals surface area (Å²) in [7, 11) is 1.47. The molecule has 2 fully saturated rings. The van der Waals surface area contributed by atoms with E-state index in [1.54, 1.807) is 0 Å². The smallest absolute Gasteiger partial charge is 0.416 e. The maximum Gasteiger partial charge on any atom is 0.416 e. The molecule has 2 aliphatic rings. The number of ether oxygens (including phenoxy) is 1. The minimum absolute atomic E-state index is 0.0214. The van der Waals surface area contributed by atoms with Gasteiger partial charge in [-0.1, -0.05) is 5.16 Å². The third-order valence-electron chi connectivity index (χ3n) is 6.27. The van der Waals surface area contributed by atoms with E-state index in [2.05, 4.69) is 20.8 Å². The van der Waals surface area contributed by atoms with Crippen molar-refractivity contribution in [3.05, 3.63) is 41.4 Å². The Morgan fingerprint density at radius 2 is 2.00 bits per heavy atom. The van der Waals surface area contributed by atoms with Crippen LogP contribution in [0.5, 0.6) is 0 Å². The third kappa shape index (κ3) is 5.20. The van der Waals surface area contributed by atoms with Crippen LogP contribution >= 0.6 is 0 Å². The number of amides is 2. The Morgan fingerprint density at radius 1 is 1.27 bits per heavy atom. The van der Waals surface area contributed by atoms with E-state index in [0.29, 0.717) is 18.9 Å². The minimum atomic E-state index is -4.39. The van der Waals surface area contributed by atoms with Gasteiger partial charge < -0.3 is 24.8 Å². The maximum atomic E-state index is 13.0. The van der Waals surface area contributed by atoms with Crippen molar-refractivity contribution in [3.8, 4) is 0 Å². The van der Waals surface area contributed by atoms with Crippen LogP contribution in [0.3, 0.4) is 0 Å². The summed E-state index contributed by atoms with van der Waals surface area (Å²) in [5, 5.41) is 8.82. The molecule has 2 aromatic heterocycles. The summed E-state index contributed by atoms with van der Waals surface area (Å²) in [6.45, 7) is 1.09. The van der Waals surface area contributed by atoms with Gasteiger partial charge in [0.15, 0.2) is 18.1 Å². The SMILES string of the molecule is CNC(=O)c1cc(COC(=O)NC2CC3(CCN(c4cc(C(F)(F)F)ccn4)CC3)C2)on1. The summed E-state index contributed by atoms with van der Waals surface area (Å²) in [6.07, 6.45) is -0.578. The number of hydrogen-bond donors (Lipinski definition) is 2. The van der Waals surface area contributed by atoms with Crippen LogP contribution < -0.4 is 15.5 Å². The molecule has 1 saturated carbocycles. The van der Waals surface area contributed by atoms with Gasteiger partial charge in [0.25, 0.3) is 5.91 Å². The number of aromatic nitrogens is 2. The first-order valence-corrected chi connectivity index (χ1v) is 10.6. The number of pyridine rings is 1. The van der Waals surface area contributed by atoms with E-state index in [0.717, 1.165) is 37.8 Å². The monoisotopic (exact) mass is 467 g/mol. The predicted octanol–water partition coefficient (Wildman–Crippen LogP) is 3.12. The lowest BCUT2D eigenvalue weighted by Crippen LogP contribution is -2.55. The Labute approximate surface area is 187 Å². The summed E-state index contributed by atoms with van der Waals surface area (Å²) in [6, 6.07) is 3.44. The summed E-state index contributed by atoms with van der Waals surface area (Å²) in [4.78, 5) is 29.5. The van der Waals surface area contributed by atoms with E-state index in [1.807, 2.05) is 4.90 Å². The number of halogens is 3. The van der Waals surface area contributed by atoms with Gasteiger partial charge in [0.2, 0.25) is 0 Å². The fourth-order valence-corrected chi connectivity index (χ4v) is 4.43. The van der Waals surface area contributed by atoms with Gasteiger partial charge in [-0.25, -0.2) is 9.78 Å². The van der Waals surface area contributed by atoms with Crippen molar-refractivity contribution in [1.29, 1.82) is 0 Å². The Balaban J connectivity index is 1.20. The number of carbonyl (C=O) groups is 2. The molecule has 2 aromatic rings. The number of rotatable bonds is 5. The molecule has 1 aliphatic carbocycles. The molecule has 0 radical (unpaired) electrons. The van der Waals surface area contributed by atoms with E-state index in [1.165, 1.54) is 19.3 Å². The molecule has 2 amide bonds. The molecular weight excluding hydrogens is 443 g/mol. The zero-order chi connectivity index (χ0) is 23.6. The average molecular weight is 467 g/mol. The summed E-state index contributed by atoms with van der Waals surface area (Å²) < 4.78 is 48.9. The zero-order valence-electron chi connectivity index (χ0n) is 17.9. The van der Waals surface area contributed by atoms with Gasteiger partial charge in [0, 0.05) is 38.4 Å². The molecule has 1 spiro atoms. The fourth-order valence-electron chi connectivity index (χ4n) is 4.43. The number of nitrogens with one attached hydrogen (secondary N) is 2. The largest absolute Gasteiger partial charge is 0.441 e. The Bertz CT molecular complexity index is 1010. The number of hydrogen-bond acceptors (Lipinski definition) is 7. The molecular formula is C21H24F3N5O4. The van der Waals surface area contributed by atoms with Crippen molar-refractivity contribution >= 4 is 17.8 Å². The van der Waals surface area contributed by atoms with Crippen LogP contribution in [0.2, 0.25) is 0 Å². The topological polar surface area (TPSA) is 110 Å².